The van der Waals surface area contributed by atoms with E-state index in [1.807, 2.05) is 0 Å². The van der Waals surface area contributed by atoms with Gasteiger partial charge in [-0.2, -0.15) is 0 Å². The molecule has 1 unspecified atom stereocenters. The predicted octanol–water partition coefficient (Wildman–Crippen LogP) is 2.08. The van der Waals surface area contributed by atoms with Gasteiger partial charge in [-0.25, -0.2) is 18.6 Å². The van der Waals surface area contributed by atoms with Crippen molar-refractivity contribution in [2.24, 2.45) is 0 Å². The molecule has 1 aromatic rings. The maximum Gasteiger partial charge on any atom is 0.358 e. The molecule has 0 aliphatic rings. The lowest BCUT2D eigenvalue weighted by Crippen LogP contribution is -2.10. The Morgan fingerprint density at radius 2 is 2.38 bits per heavy atom. The summed E-state index contributed by atoms with van der Waals surface area (Å²) in [6.45, 7) is -1.26. The van der Waals surface area contributed by atoms with Gasteiger partial charge in [-0.3, -0.25) is 0 Å². The van der Waals surface area contributed by atoms with Crippen LogP contribution in [0.15, 0.2) is 6.07 Å². The Hall–Kier alpha value is -1.43. The average Bonchev–Trinajstić information content (AvgIpc) is 2.30. The number of alkyl halides is 2. The molecule has 1 rings (SSSR count). The minimum absolute atomic E-state index is 0.0526. The van der Waals surface area contributed by atoms with Crippen LogP contribution in [0.1, 0.15) is 22.4 Å². The van der Waals surface area contributed by atoms with Gasteiger partial charge in [0.1, 0.15) is 6.67 Å². The fourth-order valence-electron chi connectivity index (χ4n) is 1.04. The predicted molar refractivity (Wildman–Crippen MR) is 54.8 cm³/mol. The van der Waals surface area contributed by atoms with Crippen molar-refractivity contribution in [1.82, 2.24) is 4.98 Å². The van der Waals surface area contributed by atoms with E-state index in [1.165, 1.54) is 0 Å². The quantitative estimate of drug-likeness (QED) is 0.834. The second-order valence-corrected chi connectivity index (χ2v) is 3.29. The van der Waals surface area contributed by atoms with Crippen LogP contribution in [-0.4, -0.2) is 24.7 Å². The largest absolute Gasteiger partial charge is 0.464 e. The Balaban J connectivity index is 3.27. The number of esters is 1. The summed E-state index contributed by atoms with van der Waals surface area (Å²) in [5.74, 6) is -0.857. The fraction of sp³-hybridized carbons (Fsp3) is 0.333. The van der Waals surface area contributed by atoms with Crippen molar-refractivity contribution in [2.45, 2.75) is 6.17 Å². The van der Waals surface area contributed by atoms with E-state index in [2.05, 4.69) is 9.72 Å². The molecule has 2 N–H and O–H groups in total. The molecule has 1 aromatic heterocycles. The molecular weight excluding hydrogens is 242 g/mol. The number of ether oxygens (including phenoxy) is 1. The number of halogens is 3. The van der Waals surface area contributed by atoms with Crippen LogP contribution in [0.4, 0.5) is 14.5 Å². The molecule has 0 aliphatic carbocycles. The number of nitrogens with two attached hydrogens (primary N) is 1. The molecule has 0 radical (unpaired) electrons. The first-order valence-corrected chi connectivity index (χ1v) is 4.63. The molecule has 0 saturated heterocycles. The van der Waals surface area contributed by atoms with Crippen LogP contribution in [0.5, 0.6) is 0 Å². The van der Waals surface area contributed by atoms with Gasteiger partial charge in [-0.1, -0.05) is 11.6 Å². The third-order valence-corrected chi connectivity index (χ3v) is 2.24. The summed E-state index contributed by atoms with van der Waals surface area (Å²) in [4.78, 5) is 14.8. The Bertz CT molecular complexity index is 415. The number of aromatic nitrogens is 1. The lowest BCUT2D eigenvalue weighted by molar-refractivity contribution is 0.0593. The summed E-state index contributed by atoms with van der Waals surface area (Å²) in [7, 11) is 1.12. The summed E-state index contributed by atoms with van der Waals surface area (Å²) in [5.41, 5.74) is 4.77. The number of pyridine rings is 1. The first kappa shape index (κ1) is 12.6. The van der Waals surface area contributed by atoms with E-state index in [9.17, 15) is 13.6 Å². The number of nitrogen functional groups attached to an aromatic ring is 1. The molecule has 88 valence electrons. The number of carbonyl (C=O) groups is 1. The lowest BCUT2D eigenvalue weighted by atomic mass is 10.2. The third-order valence-electron chi connectivity index (χ3n) is 1.84. The number of hydrogen-bond donors (Lipinski definition) is 1. The first-order valence-electron chi connectivity index (χ1n) is 4.25. The van der Waals surface area contributed by atoms with Gasteiger partial charge in [0.05, 0.1) is 23.5 Å². The van der Waals surface area contributed by atoms with Crippen molar-refractivity contribution < 1.29 is 18.3 Å². The number of hydrogen-bond acceptors (Lipinski definition) is 4. The van der Waals surface area contributed by atoms with Crippen LogP contribution < -0.4 is 5.73 Å². The van der Waals surface area contributed by atoms with Crippen LogP contribution in [0.2, 0.25) is 5.02 Å². The van der Waals surface area contributed by atoms with Crippen molar-refractivity contribution in [1.29, 1.82) is 0 Å². The number of methoxy groups -OCH3 is 1. The molecule has 1 atom stereocenters. The normalized spacial score (nSPS) is 12.2. The molecule has 0 fully saturated rings. The van der Waals surface area contributed by atoms with Crippen molar-refractivity contribution in [3.05, 3.63) is 22.5 Å². The topological polar surface area (TPSA) is 65.2 Å². The number of rotatable bonds is 3. The fourth-order valence-corrected chi connectivity index (χ4v) is 1.22. The van der Waals surface area contributed by atoms with E-state index in [4.69, 9.17) is 17.3 Å². The van der Waals surface area contributed by atoms with Crippen LogP contribution in [0.25, 0.3) is 0 Å². The van der Waals surface area contributed by atoms with Gasteiger partial charge < -0.3 is 10.5 Å². The van der Waals surface area contributed by atoms with E-state index >= 15 is 0 Å². The minimum Gasteiger partial charge on any atom is -0.464 e. The minimum atomic E-state index is -1.94. The molecular formula is C9H9ClF2N2O2. The summed E-state index contributed by atoms with van der Waals surface area (Å²) in [6.07, 6.45) is -1.94. The number of nitrogens with zero attached hydrogens (tertiary/aromatic N) is 1. The maximum atomic E-state index is 13.0. The van der Waals surface area contributed by atoms with Crippen LogP contribution >= 0.6 is 11.6 Å². The second-order valence-electron chi connectivity index (χ2n) is 2.91. The van der Waals surface area contributed by atoms with Gasteiger partial charge >= 0.3 is 5.97 Å². The zero-order chi connectivity index (χ0) is 12.3. The molecule has 4 nitrogen and oxygen atoms in total. The monoisotopic (exact) mass is 250 g/mol. The highest BCUT2D eigenvalue weighted by Crippen LogP contribution is 2.27. The summed E-state index contributed by atoms with van der Waals surface area (Å²) < 4.78 is 29.5. The standard InChI is InChI=1S/C9H9ClF2N2O2/c1-16-9(15)8-7(10)5(13)2-6(14-8)4(12)3-11/h2,4H,3H2,1H3,(H2,13,14). The lowest BCUT2D eigenvalue weighted by Gasteiger charge is -2.09. The van der Waals surface area contributed by atoms with E-state index in [1.54, 1.807) is 0 Å². The molecule has 0 amide bonds. The SMILES string of the molecule is COC(=O)c1nc(C(F)CF)cc(N)c1Cl. The Labute approximate surface area is 95.4 Å². The maximum absolute atomic E-state index is 13.0. The molecule has 0 saturated carbocycles. The van der Waals surface area contributed by atoms with Crippen LogP contribution in [0.3, 0.4) is 0 Å². The van der Waals surface area contributed by atoms with Crippen molar-refractivity contribution >= 4 is 23.3 Å². The van der Waals surface area contributed by atoms with Gasteiger partial charge in [-0.15, -0.1) is 0 Å². The molecule has 16 heavy (non-hydrogen) atoms. The smallest absolute Gasteiger partial charge is 0.358 e. The molecule has 1 heterocycles. The van der Waals surface area contributed by atoms with Gasteiger partial charge in [0.2, 0.25) is 0 Å². The molecule has 0 bridgehead atoms. The highest BCUT2D eigenvalue weighted by Gasteiger charge is 2.20. The highest BCUT2D eigenvalue weighted by molar-refractivity contribution is 6.35. The van der Waals surface area contributed by atoms with Gasteiger partial charge in [-0.05, 0) is 6.07 Å². The van der Waals surface area contributed by atoms with E-state index in [0.717, 1.165) is 13.2 Å². The van der Waals surface area contributed by atoms with Gasteiger partial charge in [0, 0.05) is 0 Å². The van der Waals surface area contributed by atoms with Gasteiger partial charge in [0.15, 0.2) is 11.9 Å². The molecule has 7 heteroatoms. The van der Waals surface area contributed by atoms with Crippen molar-refractivity contribution in [3.63, 3.8) is 0 Å². The zero-order valence-electron chi connectivity index (χ0n) is 8.34. The van der Waals surface area contributed by atoms with E-state index in [-0.39, 0.29) is 22.1 Å². The van der Waals surface area contributed by atoms with Crippen molar-refractivity contribution in [2.75, 3.05) is 19.5 Å². The van der Waals surface area contributed by atoms with Crippen LogP contribution in [0, 0.1) is 0 Å². The van der Waals surface area contributed by atoms with Gasteiger partial charge in [0.25, 0.3) is 0 Å². The molecule has 0 spiro atoms. The molecule has 0 aliphatic heterocycles. The second kappa shape index (κ2) is 5.07. The summed E-state index contributed by atoms with van der Waals surface area (Å²) in [6, 6.07) is 1.08. The van der Waals surface area contributed by atoms with Crippen LogP contribution in [-0.2, 0) is 4.74 Å². The Morgan fingerprint density at radius 3 is 2.88 bits per heavy atom. The Kier molecular flexibility index (Phi) is 4.00. The summed E-state index contributed by atoms with van der Waals surface area (Å²) in [5, 5.41) is -0.137. The number of anilines is 1. The highest BCUT2D eigenvalue weighted by atomic mass is 35.5. The zero-order valence-corrected chi connectivity index (χ0v) is 9.09. The Morgan fingerprint density at radius 1 is 1.75 bits per heavy atom. The molecule has 0 aromatic carbocycles. The van der Waals surface area contributed by atoms with E-state index in [0.29, 0.717) is 0 Å². The third kappa shape index (κ3) is 2.38. The van der Waals surface area contributed by atoms with Crippen molar-refractivity contribution in [3.8, 4) is 0 Å². The summed E-state index contributed by atoms with van der Waals surface area (Å²) >= 11 is 5.68. The van der Waals surface area contributed by atoms with E-state index < -0.39 is 18.8 Å². The average molecular weight is 251 g/mol. The number of carbonyl (C=O) groups excluding carboxylic acids is 1. The first-order chi connectivity index (χ1) is 7.51.